The van der Waals surface area contributed by atoms with E-state index in [9.17, 15) is 4.79 Å². The summed E-state index contributed by atoms with van der Waals surface area (Å²) in [6.45, 7) is 3.77. The van der Waals surface area contributed by atoms with Crippen LogP contribution < -0.4 is 10.5 Å². The quantitative estimate of drug-likeness (QED) is 0.691. The maximum atomic E-state index is 12.1. The maximum Gasteiger partial charge on any atom is 0.340 e. The van der Waals surface area contributed by atoms with Crippen molar-refractivity contribution in [2.24, 2.45) is 0 Å². The lowest BCUT2D eigenvalue weighted by Gasteiger charge is -2.09. The largest absolute Gasteiger partial charge is 0.497 e. The Balaban J connectivity index is 2.11. The van der Waals surface area contributed by atoms with Gasteiger partial charge in [-0.2, -0.15) is 0 Å². The molecule has 2 rings (SSSR count). The molecule has 0 bridgehead atoms. The SMILES string of the molecule is COc1cc(C)nc(COC(=O)c2cccc(C)c2N)c1. The molecule has 110 valence electrons. The number of nitrogens with two attached hydrogens (primary N) is 1. The number of pyridine rings is 1. The van der Waals surface area contributed by atoms with Crippen LogP contribution in [0.1, 0.15) is 27.3 Å². The summed E-state index contributed by atoms with van der Waals surface area (Å²) in [4.78, 5) is 16.4. The van der Waals surface area contributed by atoms with Crippen LogP contribution in [0.5, 0.6) is 5.75 Å². The normalized spacial score (nSPS) is 10.2. The van der Waals surface area contributed by atoms with Crippen LogP contribution >= 0.6 is 0 Å². The number of hydrogen-bond donors (Lipinski definition) is 1. The smallest absolute Gasteiger partial charge is 0.340 e. The van der Waals surface area contributed by atoms with E-state index in [1.54, 1.807) is 25.3 Å². The Morgan fingerprint density at radius 2 is 2.05 bits per heavy atom. The van der Waals surface area contributed by atoms with E-state index in [1.807, 2.05) is 26.0 Å². The molecule has 2 aromatic rings. The van der Waals surface area contributed by atoms with Gasteiger partial charge in [0.15, 0.2) is 0 Å². The van der Waals surface area contributed by atoms with E-state index in [-0.39, 0.29) is 6.61 Å². The topological polar surface area (TPSA) is 74.4 Å². The summed E-state index contributed by atoms with van der Waals surface area (Å²) in [6, 6.07) is 8.81. The van der Waals surface area contributed by atoms with Gasteiger partial charge in [-0.25, -0.2) is 4.79 Å². The predicted molar refractivity (Wildman–Crippen MR) is 80.2 cm³/mol. The standard InChI is InChI=1S/C16H18N2O3/c1-10-5-4-6-14(15(10)17)16(19)21-9-12-8-13(20-3)7-11(2)18-12/h4-8H,9,17H2,1-3H3. The minimum atomic E-state index is -0.460. The van der Waals surface area contributed by atoms with E-state index in [0.29, 0.717) is 22.7 Å². The van der Waals surface area contributed by atoms with Crippen molar-refractivity contribution >= 4 is 11.7 Å². The first-order valence-corrected chi connectivity index (χ1v) is 6.55. The van der Waals surface area contributed by atoms with Crippen molar-refractivity contribution in [2.45, 2.75) is 20.5 Å². The second-order valence-electron chi connectivity index (χ2n) is 4.75. The van der Waals surface area contributed by atoms with Crippen LogP contribution in [0.3, 0.4) is 0 Å². The van der Waals surface area contributed by atoms with Crippen LogP contribution in [0.25, 0.3) is 0 Å². The number of aromatic nitrogens is 1. The number of rotatable bonds is 4. The van der Waals surface area contributed by atoms with E-state index >= 15 is 0 Å². The first kappa shape index (κ1) is 14.8. The summed E-state index contributed by atoms with van der Waals surface area (Å²) in [7, 11) is 1.58. The number of nitrogens with zero attached hydrogens (tertiary/aromatic N) is 1. The van der Waals surface area contributed by atoms with Gasteiger partial charge in [-0.1, -0.05) is 12.1 Å². The molecule has 1 aromatic heterocycles. The maximum absolute atomic E-state index is 12.1. The van der Waals surface area contributed by atoms with Gasteiger partial charge in [-0.05, 0) is 25.5 Å². The highest BCUT2D eigenvalue weighted by Gasteiger charge is 2.13. The molecule has 1 heterocycles. The Kier molecular flexibility index (Phi) is 4.42. The number of carbonyl (C=O) groups excluding carboxylic acids is 1. The first-order valence-electron chi connectivity index (χ1n) is 6.55. The van der Waals surface area contributed by atoms with Gasteiger partial charge < -0.3 is 15.2 Å². The van der Waals surface area contributed by atoms with Gasteiger partial charge in [-0.3, -0.25) is 4.98 Å². The third kappa shape index (κ3) is 3.51. The molecule has 0 saturated carbocycles. The zero-order valence-electron chi connectivity index (χ0n) is 12.3. The van der Waals surface area contributed by atoms with Crippen LogP contribution in [0.15, 0.2) is 30.3 Å². The first-order chi connectivity index (χ1) is 10.0. The molecule has 5 heteroatoms. The fourth-order valence-corrected chi connectivity index (χ4v) is 1.97. The zero-order valence-corrected chi connectivity index (χ0v) is 12.3. The fraction of sp³-hybridized carbons (Fsp3) is 0.250. The van der Waals surface area contributed by atoms with Crippen molar-refractivity contribution in [3.8, 4) is 5.75 Å². The molecule has 0 aliphatic heterocycles. The van der Waals surface area contributed by atoms with E-state index in [0.717, 1.165) is 11.3 Å². The molecular weight excluding hydrogens is 268 g/mol. The molecule has 0 atom stereocenters. The highest BCUT2D eigenvalue weighted by Crippen LogP contribution is 2.19. The third-order valence-corrected chi connectivity index (χ3v) is 3.11. The Morgan fingerprint density at radius 1 is 1.29 bits per heavy atom. The van der Waals surface area contributed by atoms with Crippen molar-refractivity contribution in [1.29, 1.82) is 0 Å². The number of aryl methyl sites for hydroxylation is 2. The molecule has 21 heavy (non-hydrogen) atoms. The fourth-order valence-electron chi connectivity index (χ4n) is 1.97. The van der Waals surface area contributed by atoms with Crippen molar-refractivity contribution in [3.63, 3.8) is 0 Å². The summed E-state index contributed by atoms with van der Waals surface area (Å²) in [5, 5.41) is 0. The van der Waals surface area contributed by atoms with Crippen molar-refractivity contribution in [1.82, 2.24) is 4.98 Å². The summed E-state index contributed by atoms with van der Waals surface area (Å²) in [5.74, 6) is 0.224. The van der Waals surface area contributed by atoms with Gasteiger partial charge in [0.25, 0.3) is 0 Å². The molecule has 2 N–H and O–H groups in total. The number of para-hydroxylation sites is 1. The second-order valence-corrected chi connectivity index (χ2v) is 4.75. The number of nitrogen functional groups attached to an aromatic ring is 1. The molecule has 0 unspecified atom stereocenters. The second kappa shape index (κ2) is 6.26. The lowest BCUT2D eigenvalue weighted by atomic mass is 10.1. The number of methoxy groups -OCH3 is 1. The van der Waals surface area contributed by atoms with E-state index in [1.165, 1.54) is 0 Å². The zero-order chi connectivity index (χ0) is 15.4. The van der Waals surface area contributed by atoms with E-state index < -0.39 is 5.97 Å². The number of hydrogen-bond acceptors (Lipinski definition) is 5. The summed E-state index contributed by atoms with van der Waals surface area (Å²) in [5.41, 5.74) is 8.98. The van der Waals surface area contributed by atoms with E-state index in [4.69, 9.17) is 15.2 Å². The molecule has 0 spiro atoms. The molecule has 0 radical (unpaired) electrons. The molecular formula is C16H18N2O3. The third-order valence-electron chi connectivity index (χ3n) is 3.11. The Hall–Kier alpha value is -2.56. The number of ether oxygens (including phenoxy) is 2. The van der Waals surface area contributed by atoms with Crippen molar-refractivity contribution < 1.29 is 14.3 Å². The average molecular weight is 286 g/mol. The van der Waals surface area contributed by atoms with Crippen LogP contribution in [0.4, 0.5) is 5.69 Å². The van der Waals surface area contributed by atoms with Gasteiger partial charge >= 0.3 is 5.97 Å². The van der Waals surface area contributed by atoms with Crippen LogP contribution in [-0.2, 0) is 11.3 Å². The number of carbonyl (C=O) groups is 1. The van der Waals surface area contributed by atoms with Crippen LogP contribution in [-0.4, -0.2) is 18.1 Å². The number of esters is 1. The summed E-state index contributed by atoms with van der Waals surface area (Å²) < 4.78 is 10.4. The molecule has 1 aromatic carbocycles. The Labute approximate surface area is 123 Å². The monoisotopic (exact) mass is 286 g/mol. The lowest BCUT2D eigenvalue weighted by molar-refractivity contribution is 0.0468. The Bertz CT molecular complexity index is 669. The van der Waals surface area contributed by atoms with Gasteiger partial charge in [0.1, 0.15) is 12.4 Å². The number of anilines is 1. The number of benzene rings is 1. The van der Waals surface area contributed by atoms with Gasteiger partial charge in [0.2, 0.25) is 0 Å². The lowest BCUT2D eigenvalue weighted by Crippen LogP contribution is -2.10. The molecule has 0 saturated heterocycles. The molecule has 0 aliphatic rings. The average Bonchev–Trinajstić information content (AvgIpc) is 2.47. The molecule has 0 amide bonds. The minimum Gasteiger partial charge on any atom is -0.497 e. The Morgan fingerprint density at radius 3 is 2.76 bits per heavy atom. The van der Waals surface area contributed by atoms with Gasteiger partial charge in [0.05, 0.1) is 18.4 Å². The highest BCUT2D eigenvalue weighted by molar-refractivity contribution is 5.95. The molecule has 0 fully saturated rings. The summed E-state index contributed by atoms with van der Waals surface area (Å²) >= 11 is 0. The van der Waals surface area contributed by atoms with E-state index in [2.05, 4.69) is 4.98 Å². The van der Waals surface area contributed by atoms with Crippen molar-refractivity contribution in [2.75, 3.05) is 12.8 Å². The minimum absolute atomic E-state index is 0.0737. The highest BCUT2D eigenvalue weighted by atomic mass is 16.5. The molecule has 5 nitrogen and oxygen atoms in total. The van der Waals surface area contributed by atoms with Gasteiger partial charge in [-0.15, -0.1) is 0 Å². The predicted octanol–water partition coefficient (Wildman–Crippen LogP) is 2.65. The summed E-state index contributed by atoms with van der Waals surface area (Å²) in [6.07, 6.45) is 0. The van der Waals surface area contributed by atoms with Crippen LogP contribution in [0, 0.1) is 13.8 Å². The molecule has 0 aliphatic carbocycles. The van der Waals surface area contributed by atoms with Gasteiger partial charge in [0, 0.05) is 23.5 Å². The van der Waals surface area contributed by atoms with Crippen molar-refractivity contribution in [3.05, 3.63) is 52.8 Å². The van der Waals surface area contributed by atoms with Crippen LogP contribution in [0.2, 0.25) is 0 Å².